The fraction of sp³-hybridized carbons (Fsp3) is 0.364. The van der Waals surface area contributed by atoms with Crippen molar-refractivity contribution in [3.05, 3.63) is 48.0 Å². The molecule has 2 heterocycles. The van der Waals surface area contributed by atoms with Crippen LogP contribution in [0, 0.1) is 0 Å². The highest BCUT2D eigenvalue weighted by molar-refractivity contribution is 7.89. The highest BCUT2D eigenvalue weighted by Gasteiger charge is 2.32. The van der Waals surface area contributed by atoms with Crippen LogP contribution in [0.3, 0.4) is 0 Å². The number of nitrogens with one attached hydrogen (secondary N) is 2. The van der Waals surface area contributed by atoms with Crippen molar-refractivity contribution in [1.82, 2.24) is 9.21 Å². The number of para-hydroxylation sites is 1. The first-order valence-electron chi connectivity index (χ1n) is 10.5. The van der Waals surface area contributed by atoms with Crippen LogP contribution >= 0.6 is 0 Å². The number of benzene rings is 2. The Kier molecular flexibility index (Phi) is 6.07. The number of sulfonamides is 1. The topological polar surface area (TPSA) is 108 Å². The van der Waals surface area contributed by atoms with E-state index in [-0.39, 0.29) is 43.0 Å². The number of anilines is 2. The van der Waals surface area contributed by atoms with Crippen molar-refractivity contribution in [3.8, 4) is 5.75 Å². The van der Waals surface area contributed by atoms with E-state index in [0.717, 1.165) is 17.7 Å². The first-order chi connectivity index (χ1) is 15.3. The van der Waals surface area contributed by atoms with E-state index < -0.39 is 16.1 Å². The molecule has 2 aliphatic heterocycles. The molecular weight excluding hydrogens is 432 g/mol. The SMILES string of the molecule is CCc1ccccc1NC(=O)N1CCN(S(=O)(=O)c2ccc3c(c2)NC(=O)[C@@H](C)O3)CC1. The minimum atomic E-state index is -3.78. The number of amides is 3. The van der Waals surface area contributed by atoms with E-state index in [1.807, 2.05) is 31.2 Å². The van der Waals surface area contributed by atoms with Crippen molar-refractivity contribution < 1.29 is 22.7 Å². The molecule has 0 saturated carbocycles. The lowest BCUT2D eigenvalue weighted by atomic mass is 10.1. The van der Waals surface area contributed by atoms with Crippen molar-refractivity contribution in [3.63, 3.8) is 0 Å². The van der Waals surface area contributed by atoms with Crippen LogP contribution < -0.4 is 15.4 Å². The number of nitrogens with zero attached hydrogens (tertiary/aromatic N) is 2. The molecule has 0 aromatic heterocycles. The molecule has 0 radical (unpaired) electrons. The number of carbonyl (C=O) groups excluding carboxylic acids is 2. The van der Waals surface area contributed by atoms with Crippen LogP contribution in [0.15, 0.2) is 47.4 Å². The largest absolute Gasteiger partial charge is 0.479 e. The molecule has 2 N–H and O–H groups in total. The molecule has 4 rings (SSSR count). The molecule has 170 valence electrons. The van der Waals surface area contributed by atoms with Gasteiger partial charge in [-0.15, -0.1) is 0 Å². The lowest BCUT2D eigenvalue weighted by molar-refractivity contribution is -0.122. The van der Waals surface area contributed by atoms with Gasteiger partial charge in [0.25, 0.3) is 5.91 Å². The molecule has 2 aromatic carbocycles. The van der Waals surface area contributed by atoms with Gasteiger partial charge in [0.15, 0.2) is 6.10 Å². The number of hydrogen-bond acceptors (Lipinski definition) is 5. The first-order valence-corrected chi connectivity index (χ1v) is 12.0. The van der Waals surface area contributed by atoms with E-state index in [0.29, 0.717) is 11.4 Å². The normalized spacial score (nSPS) is 19.0. The van der Waals surface area contributed by atoms with Crippen LogP contribution in [-0.2, 0) is 21.2 Å². The van der Waals surface area contributed by atoms with Crippen LogP contribution in [0.4, 0.5) is 16.2 Å². The van der Waals surface area contributed by atoms with Gasteiger partial charge in [-0.3, -0.25) is 4.79 Å². The summed E-state index contributed by atoms with van der Waals surface area (Å²) in [7, 11) is -3.78. The summed E-state index contributed by atoms with van der Waals surface area (Å²) >= 11 is 0. The van der Waals surface area contributed by atoms with E-state index in [9.17, 15) is 18.0 Å². The number of piperazine rings is 1. The third kappa shape index (κ3) is 4.28. The summed E-state index contributed by atoms with van der Waals surface area (Å²) in [6.45, 7) is 4.57. The number of aryl methyl sites for hydroxylation is 1. The van der Waals surface area contributed by atoms with Gasteiger partial charge in [-0.1, -0.05) is 25.1 Å². The minimum Gasteiger partial charge on any atom is -0.479 e. The molecule has 0 bridgehead atoms. The maximum atomic E-state index is 13.1. The average Bonchev–Trinajstić information content (AvgIpc) is 2.80. The van der Waals surface area contributed by atoms with E-state index in [4.69, 9.17) is 4.74 Å². The zero-order valence-corrected chi connectivity index (χ0v) is 18.8. The highest BCUT2D eigenvalue weighted by Crippen LogP contribution is 2.33. The summed E-state index contributed by atoms with van der Waals surface area (Å²) in [5.74, 6) is 0.112. The second-order valence-electron chi connectivity index (χ2n) is 7.74. The van der Waals surface area contributed by atoms with Crippen LogP contribution in [0.1, 0.15) is 19.4 Å². The maximum Gasteiger partial charge on any atom is 0.321 e. The third-order valence-electron chi connectivity index (χ3n) is 5.69. The molecule has 3 amide bonds. The van der Waals surface area contributed by atoms with Gasteiger partial charge in [0, 0.05) is 31.9 Å². The smallest absolute Gasteiger partial charge is 0.321 e. The van der Waals surface area contributed by atoms with Gasteiger partial charge in [0.1, 0.15) is 5.75 Å². The Morgan fingerprint density at radius 3 is 2.59 bits per heavy atom. The minimum absolute atomic E-state index is 0.0736. The Bertz CT molecular complexity index is 1140. The first kappa shape index (κ1) is 22.1. The molecule has 10 heteroatoms. The number of carbonyl (C=O) groups is 2. The molecule has 1 saturated heterocycles. The predicted octanol–water partition coefficient (Wildman–Crippen LogP) is 2.51. The summed E-state index contributed by atoms with van der Waals surface area (Å²) in [4.78, 5) is 26.2. The Labute approximate surface area is 187 Å². The van der Waals surface area contributed by atoms with Gasteiger partial charge < -0.3 is 20.3 Å². The van der Waals surface area contributed by atoms with Crippen molar-refractivity contribution in [2.24, 2.45) is 0 Å². The van der Waals surface area contributed by atoms with Gasteiger partial charge in [0.2, 0.25) is 10.0 Å². The Morgan fingerprint density at radius 2 is 1.88 bits per heavy atom. The van der Waals surface area contributed by atoms with Crippen LogP contribution in [0.25, 0.3) is 0 Å². The van der Waals surface area contributed by atoms with Crippen LogP contribution in [0.5, 0.6) is 5.75 Å². The number of ether oxygens (including phenoxy) is 1. The zero-order chi connectivity index (χ0) is 22.9. The maximum absolute atomic E-state index is 13.1. The fourth-order valence-electron chi connectivity index (χ4n) is 3.77. The lowest BCUT2D eigenvalue weighted by Gasteiger charge is -2.34. The van der Waals surface area contributed by atoms with Crippen molar-refractivity contribution >= 4 is 33.3 Å². The summed E-state index contributed by atoms with van der Waals surface area (Å²) in [5.41, 5.74) is 2.14. The number of rotatable bonds is 4. The highest BCUT2D eigenvalue weighted by atomic mass is 32.2. The fourth-order valence-corrected chi connectivity index (χ4v) is 5.22. The van der Waals surface area contributed by atoms with E-state index in [1.165, 1.54) is 16.4 Å². The summed E-state index contributed by atoms with van der Waals surface area (Å²) in [6.07, 6.45) is 0.168. The van der Waals surface area contributed by atoms with Crippen LogP contribution in [0.2, 0.25) is 0 Å². The van der Waals surface area contributed by atoms with Gasteiger partial charge in [-0.25, -0.2) is 13.2 Å². The second kappa shape index (κ2) is 8.79. The average molecular weight is 459 g/mol. The lowest BCUT2D eigenvalue weighted by Crippen LogP contribution is -2.51. The number of hydrogen-bond donors (Lipinski definition) is 2. The van der Waals surface area contributed by atoms with Crippen molar-refractivity contribution in [1.29, 1.82) is 0 Å². The molecular formula is C22H26N4O5S. The summed E-state index contributed by atoms with van der Waals surface area (Å²) in [6, 6.07) is 11.8. The van der Waals surface area contributed by atoms with Crippen molar-refractivity contribution in [2.45, 2.75) is 31.3 Å². The molecule has 2 aliphatic rings. The van der Waals surface area contributed by atoms with Gasteiger partial charge in [0.05, 0.1) is 10.6 Å². The predicted molar refractivity (Wildman–Crippen MR) is 120 cm³/mol. The molecule has 1 fully saturated rings. The molecule has 9 nitrogen and oxygen atoms in total. The van der Waals surface area contributed by atoms with Gasteiger partial charge in [-0.2, -0.15) is 4.31 Å². The molecule has 0 spiro atoms. The summed E-state index contributed by atoms with van der Waals surface area (Å²) in [5, 5.41) is 5.59. The molecule has 0 unspecified atom stereocenters. The Balaban J connectivity index is 1.42. The quantitative estimate of drug-likeness (QED) is 0.732. The van der Waals surface area contributed by atoms with Crippen molar-refractivity contribution in [2.75, 3.05) is 36.8 Å². The standard InChI is InChI=1S/C22H26N4O5S/c1-3-16-6-4-5-7-18(16)24-22(28)25-10-12-26(13-11-25)32(29,30)17-8-9-20-19(14-17)23-21(27)15(2)31-20/h4-9,14-15H,3,10-13H2,1-2H3,(H,23,27)(H,24,28)/t15-/m1/s1. The molecule has 32 heavy (non-hydrogen) atoms. The second-order valence-corrected chi connectivity index (χ2v) is 9.68. The Morgan fingerprint density at radius 1 is 1.16 bits per heavy atom. The van der Waals surface area contributed by atoms with E-state index in [2.05, 4.69) is 10.6 Å². The van der Waals surface area contributed by atoms with E-state index >= 15 is 0 Å². The molecule has 1 atom stereocenters. The number of urea groups is 1. The zero-order valence-electron chi connectivity index (χ0n) is 18.0. The molecule has 0 aliphatic carbocycles. The third-order valence-corrected chi connectivity index (χ3v) is 7.58. The van der Waals surface area contributed by atoms with Gasteiger partial charge in [-0.05, 0) is 43.2 Å². The monoisotopic (exact) mass is 458 g/mol. The number of fused-ring (bicyclic) bond motifs is 1. The molecule has 2 aromatic rings. The van der Waals surface area contributed by atoms with Gasteiger partial charge >= 0.3 is 6.03 Å². The Hall–Kier alpha value is -3.11. The van der Waals surface area contributed by atoms with Crippen LogP contribution in [-0.4, -0.2) is 61.8 Å². The summed E-state index contributed by atoms with van der Waals surface area (Å²) < 4.78 is 33.1. The van der Waals surface area contributed by atoms with E-state index in [1.54, 1.807) is 17.9 Å².